The fourth-order valence-electron chi connectivity index (χ4n) is 2.55. The summed E-state index contributed by atoms with van der Waals surface area (Å²) in [6, 6.07) is 11.4. The minimum Gasteiger partial charge on any atom is -0.309 e. The summed E-state index contributed by atoms with van der Waals surface area (Å²) in [5.41, 5.74) is 1.42. The van der Waals surface area contributed by atoms with E-state index in [2.05, 4.69) is 54.4 Å². The highest BCUT2D eigenvalue weighted by Gasteiger charge is 2.25. The number of nitrogens with one attached hydrogen (secondary N) is 1. The third kappa shape index (κ3) is 4.96. The van der Waals surface area contributed by atoms with E-state index in [0.29, 0.717) is 6.04 Å². The molecule has 1 aromatic rings. The summed E-state index contributed by atoms with van der Waals surface area (Å²) in [5.74, 6) is 0.975. The SMILES string of the molecule is CCCNC(CN(CC)CC1CC1)c1ccccc1. The van der Waals surface area contributed by atoms with Gasteiger partial charge in [-0.1, -0.05) is 44.2 Å². The van der Waals surface area contributed by atoms with Gasteiger partial charge in [0.25, 0.3) is 0 Å². The number of rotatable bonds is 9. The van der Waals surface area contributed by atoms with Gasteiger partial charge < -0.3 is 10.2 Å². The van der Waals surface area contributed by atoms with Gasteiger partial charge in [-0.15, -0.1) is 0 Å². The third-order valence-electron chi connectivity index (χ3n) is 3.94. The fraction of sp³-hybridized carbons (Fsp3) is 0.647. The Labute approximate surface area is 118 Å². The van der Waals surface area contributed by atoms with Gasteiger partial charge >= 0.3 is 0 Å². The van der Waals surface area contributed by atoms with E-state index in [-0.39, 0.29) is 0 Å². The summed E-state index contributed by atoms with van der Waals surface area (Å²) < 4.78 is 0. The van der Waals surface area contributed by atoms with Crippen molar-refractivity contribution in [3.63, 3.8) is 0 Å². The van der Waals surface area contributed by atoms with E-state index in [1.54, 1.807) is 0 Å². The predicted molar refractivity (Wildman–Crippen MR) is 82.3 cm³/mol. The van der Waals surface area contributed by atoms with E-state index >= 15 is 0 Å². The van der Waals surface area contributed by atoms with Crippen LogP contribution in [-0.2, 0) is 0 Å². The van der Waals surface area contributed by atoms with Gasteiger partial charge in [0.15, 0.2) is 0 Å². The molecular weight excluding hydrogens is 232 g/mol. The summed E-state index contributed by atoms with van der Waals surface area (Å²) in [5, 5.41) is 3.70. The van der Waals surface area contributed by atoms with Gasteiger partial charge in [0.1, 0.15) is 0 Å². The van der Waals surface area contributed by atoms with Crippen LogP contribution in [0.1, 0.15) is 44.7 Å². The molecule has 1 aliphatic carbocycles. The summed E-state index contributed by atoms with van der Waals surface area (Å²) in [7, 11) is 0. The molecule has 1 aromatic carbocycles. The van der Waals surface area contributed by atoms with Crippen LogP contribution < -0.4 is 5.32 Å². The summed E-state index contributed by atoms with van der Waals surface area (Å²) in [6.07, 6.45) is 4.07. The fourth-order valence-corrected chi connectivity index (χ4v) is 2.55. The average Bonchev–Trinajstić information content (AvgIpc) is 3.27. The van der Waals surface area contributed by atoms with E-state index in [1.165, 1.54) is 31.4 Å². The highest BCUT2D eigenvalue weighted by molar-refractivity contribution is 5.19. The van der Waals surface area contributed by atoms with Crippen LogP contribution in [0.15, 0.2) is 30.3 Å². The quantitative estimate of drug-likeness (QED) is 0.731. The number of likely N-dealkylation sites (N-methyl/N-ethyl adjacent to an activating group) is 1. The first-order valence-corrected chi connectivity index (χ1v) is 7.84. The zero-order chi connectivity index (χ0) is 13.5. The van der Waals surface area contributed by atoms with E-state index in [0.717, 1.165) is 25.6 Å². The molecule has 19 heavy (non-hydrogen) atoms. The summed E-state index contributed by atoms with van der Waals surface area (Å²) in [6.45, 7) is 9.19. The number of hydrogen-bond donors (Lipinski definition) is 1. The van der Waals surface area contributed by atoms with Crippen LogP contribution >= 0.6 is 0 Å². The highest BCUT2D eigenvalue weighted by Crippen LogP contribution is 2.30. The third-order valence-corrected chi connectivity index (χ3v) is 3.94. The monoisotopic (exact) mass is 260 g/mol. The Morgan fingerprint density at radius 2 is 1.95 bits per heavy atom. The molecule has 0 amide bonds. The summed E-state index contributed by atoms with van der Waals surface area (Å²) >= 11 is 0. The van der Waals surface area contributed by atoms with Crippen molar-refractivity contribution in [2.75, 3.05) is 26.2 Å². The molecule has 2 nitrogen and oxygen atoms in total. The molecule has 2 heteroatoms. The zero-order valence-corrected chi connectivity index (χ0v) is 12.4. The standard InChI is InChI=1S/C17H28N2/c1-3-12-18-17(16-8-6-5-7-9-16)14-19(4-2)13-15-10-11-15/h5-9,15,17-18H,3-4,10-14H2,1-2H3. The molecule has 1 saturated carbocycles. The molecule has 0 bridgehead atoms. The second-order valence-electron chi connectivity index (χ2n) is 5.71. The topological polar surface area (TPSA) is 15.3 Å². The summed E-state index contributed by atoms with van der Waals surface area (Å²) in [4.78, 5) is 2.61. The van der Waals surface area contributed by atoms with Crippen molar-refractivity contribution in [1.82, 2.24) is 10.2 Å². The van der Waals surface area contributed by atoms with Crippen molar-refractivity contribution in [1.29, 1.82) is 0 Å². The van der Waals surface area contributed by atoms with Crippen LogP contribution in [0.25, 0.3) is 0 Å². The maximum absolute atomic E-state index is 3.70. The molecule has 1 aliphatic rings. The molecule has 1 N–H and O–H groups in total. The number of hydrogen-bond acceptors (Lipinski definition) is 2. The van der Waals surface area contributed by atoms with Gasteiger partial charge in [-0.25, -0.2) is 0 Å². The number of benzene rings is 1. The van der Waals surface area contributed by atoms with Crippen molar-refractivity contribution in [2.45, 2.75) is 39.2 Å². The lowest BCUT2D eigenvalue weighted by molar-refractivity contribution is 0.244. The van der Waals surface area contributed by atoms with Crippen LogP contribution in [-0.4, -0.2) is 31.1 Å². The van der Waals surface area contributed by atoms with Crippen molar-refractivity contribution in [3.05, 3.63) is 35.9 Å². The molecule has 0 spiro atoms. The van der Waals surface area contributed by atoms with Crippen LogP contribution in [0, 0.1) is 5.92 Å². The highest BCUT2D eigenvalue weighted by atomic mass is 15.1. The first-order chi connectivity index (χ1) is 9.33. The Balaban J connectivity index is 1.95. The van der Waals surface area contributed by atoms with Gasteiger partial charge in [0, 0.05) is 19.1 Å². The Kier molecular flexibility index (Phi) is 5.87. The van der Waals surface area contributed by atoms with Crippen LogP contribution in [0.2, 0.25) is 0 Å². The first kappa shape index (κ1) is 14.5. The Morgan fingerprint density at radius 3 is 2.53 bits per heavy atom. The molecule has 0 aromatic heterocycles. The smallest absolute Gasteiger partial charge is 0.0449 e. The first-order valence-electron chi connectivity index (χ1n) is 7.84. The number of nitrogens with zero attached hydrogens (tertiary/aromatic N) is 1. The molecule has 0 radical (unpaired) electrons. The van der Waals surface area contributed by atoms with Gasteiger partial charge in [0.05, 0.1) is 0 Å². The molecule has 1 unspecified atom stereocenters. The van der Waals surface area contributed by atoms with Gasteiger partial charge in [-0.3, -0.25) is 0 Å². The van der Waals surface area contributed by atoms with Crippen LogP contribution in [0.3, 0.4) is 0 Å². The van der Waals surface area contributed by atoms with Gasteiger partial charge in [-0.05, 0) is 43.8 Å². The predicted octanol–water partition coefficient (Wildman–Crippen LogP) is 3.46. The Hall–Kier alpha value is -0.860. The average molecular weight is 260 g/mol. The molecule has 0 heterocycles. The van der Waals surface area contributed by atoms with Crippen molar-refractivity contribution in [2.24, 2.45) is 5.92 Å². The van der Waals surface area contributed by atoms with Crippen molar-refractivity contribution in [3.8, 4) is 0 Å². The Bertz CT molecular complexity index is 346. The molecule has 0 saturated heterocycles. The lowest BCUT2D eigenvalue weighted by atomic mass is 10.1. The largest absolute Gasteiger partial charge is 0.309 e. The second-order valence-corrected chi connectivity index (χ2v) is 5.71. The van der Waals surface area contributed by atoms with E-state index < -0.39 is 0 Å². The van der Waals surface area contributed by atoms with E-state index in [4.69, 9.17) is 0 Å². The van der Waals surface area contributed by atoms with Crippen LogP contribution in [0.4, 0.5) is 0 Å². The molecular formula is C17H28N2. The normalized spacial score (nSPS) is 16.8. The molecule has 1 fully saturated rings. The van der Waals surface area contributed by atoms with Crippen molar-refractivity contribution >= 4 is 0 Å². The van der Waals surface area contributed by atoms with Gasteiger partial charge in [0.2, 0.25) is 0 Å². The lowest BCUT2D eigenvalue weighted by Gasteiger charge is -2.27. The van der Waals surface area contributed by atoms with Gasteiger partial charge in [-0.2, -0.15) is 0 Å². The maximum atomic E-state index is 3.70. The van der Waals surface area contributed by atoms with E-state index in [9.17, 15) is 0 Å². The zero-order valence-electron chi connectivity index (χ0n) is 12.4. The van der Waals surface area contributed by atoms with Crippen LogP contribution in [0.5, 0.6) is 0 Å². The molecule has 106 valence electrons. The molecule has 1 atom stereocenters. The lowest BCUT2D eigenvalue weighted by Crippen LogP contribution is -2.36. The minimum atomic E-state index is 0.472. The van der Waals surface area contributed by atoms with Crippen molar-refractivity contribution < 1.29 is 0 Å². The maximum Gasteiger partial charge on any atom is 0.0449 e. The van der Waals surface area contributed by atoms with E-state index in [1.807, 2.05) is 0 Å². The molecule has 0 aliphatic heterocycles. The minimum absolute atomic E-state index is 0.472. The Morgan fingerprint density at radius 1 is 1.21 bits per heavy atom. The second kappa shape index (κ2) is 7.66. The molecule has 2 rings (SSSR count).